The summed E-state index contributed by atoms with van der Waals surface area (Å²) in [6.45, 7) is 1.68. The van der Waals surface area contributed by atoms with Crippen molar-refractivity contribution in [3.05, 3.63) is 94.3 Å². The maximum Gasteiger partial charge on any atom is 0.166 e. The first kappa shape index (κ1) is 20.2. The van der Waals surface area contributed by atoms with E-state index in [9.17, 15) is 4.39 Å². The summed E-state index contributed by atoms with van der Waals surface area (Å²) in [5.41, 5.74) is 2.72. The summed E-state index contributed by atoms with van der Waals surface area (Å²) in [6.07, 6.45) is 0.623. The average molecular weight is 400 g/mol. The SMILES string of the molecule is COc1cccc(CNCCc2ccccc2F)c1OCc1ccc(Cl)cc1. The number of benzene rings is 3. The van der Waals surface area contributed by atoms with E-state index in [-0.39, 0.29) is 5.82 Å². The zero-order chi connectivity index (χ0) is 19.8. The molecule has 0 spiro atoms. The number of hydrogen-bond donors (Lipinski definition) is 1. The third kappa shape index (κ3) is 5.47. The number of hydrogen-bond acceptors (Lipinski definition) is 3. The summed E-state index contributed by atoms with van der Waals surface area (Å²) in [5.74, 6) is 1.22. The van der Waals surface area contributed by atoms with Crippen molar-refractivity contribution >= 4 is 11.6 Å². The third-order valence-electron chi connectivity index (χ3n) is 4.42. The molecule has 0 bridgehead atoms. The van der Waals surface area contributed by atoms with Crippen LogP contribution >= 0.6 is 11.6 Å². The van der Waals surface area contributed by atoms with Gasteiger partial charge in [0.05, 0.1) is 7.11 Å². The van der Waals surface area contributed by atoms with E-state index < -0.39 is 0 Å². The lowest BCUT2D eigenvalue weighted by Crippen LogP contribution is -2.18. The Kier molecular flexibility index (Phi) is 7.29. The molecule has 5 heteroatoms. The van der Waals surface area contributed by atoms with Crippen molar-refractivity contribution < 1.29 is 13.9 Å². The summed E-state index contributed by atoms with van der Waals surface area (Å²) < 4.78 is 25.2. The van der Waals surface area contributed by atoms with Gasteiger partial charge in [-0.05, 0) is 48.4 Å². The van der Waals surface area contributed by atoms with Gasteiger partial charge in [0.15, 0.2) is 11.5 Å². The lowest BCUT2D eigenvalue weighted by Gasteiger charge is -2.16. The highest BCUT2D eigenvalue weighted by Gasteiger charge is 2.11. The quantitative estimate of drug-likeness (QED) is 0.489. The Labute approximate surface area is 170 Å². The van der Waals surface area contributed by atoms with Crippen molar-refractivity contribution in [2.45, 2.75) is 19.6 Å². The van der Waals surface area contributed by atoms with Crippen LogP contribution in [0.2, 0.25) is 5.02 Å². The number of para-hydroxylation sites is 1. The van der Waals surface area contributed by atoms with Crippen LogP contribution in [0.5, 0.6) is 11.5 Å². The molecule has 0 aliphatic rings. The minimum absolute atomic E-state index is 0.169. The molecule has 3 nitrogen and oxygen atoms in total. The molecule has 0 atom stereocenters. The van der Waals surface area contributed by atoms with Crippen molar-refractivity contribution in [1.29, 1.82) is 0 Å². The van der Waals surface area contributed by atoms with Gasteiger partial charge in [0.25, 0.3) is 0 Å². The molecule has 0 aliphatic carbocycles. The maximum atomic E-state index is 13.7. The van der Waals surface area contributed by atoms with Gasteiger partial charge in [0.1, 0.15) is 12.4 Å². The van der Waals surface area contributed by atoms with Gasteiger partial charge in [-0.2, -0.15) is 0 Å². The Morgan fingerprint density at radius 2 is 1.68 bits per heavy atom. The molecule has 28 heavy (non-hydrogen) atoms. The molecular weight excluding hydrogens is 377 g/mol. The third-order valence-corrected chi connectivity index (χ3v) is 4.67. The zero-order valence-electron chi connectivity index (χ0n) is 15.8. The Morgan fingerprint density at radius 3 is 2.43 bits per heavy atom. The summed E-state index contributed by atoms with van der Waals surface area (Å²) in [7, 11) is 1.62. The molecule has 0 radical (unpaired) electrons. The first-order chi connectivity index (χ1) is 13.7. The van der Waals surface area contributed by atoms with Crippen LogP contribution < -0.4 is 14.8 Å². The average Bonchev–Trinajstić information content (AvgIpc) is 2.72. The zero-order valence-corrected chi connectivity index (χ0v) is 16.5. The highest BCUT2D eigenvalue weighted by atomic mass is 35.5. The molecule has 0 amide bonds. The van der Waals surface area contributed by atoms with Crippen LogP contribution in [0.1, 0.15) is 16.7 Å². The Bertz CT molecular complexity index is 899. The Hall–Kier alpha value is -2.56. The van der Waals surface area contributed by atoms with Crippen LogP contribution in [0.3, 0.4) is 0 Å². The predicted molar refractivity (Wildman–Crippen MR) is 111 cm³/mol. The summed E-state index contributed by atoms with van der Waals surface area (Å²) in [5, 5.41) is 4.05. The van der Waals surface area contributed by atoms with E-state index in [1.165, 1.54) is 6.07 Å². The van der Waals surface area contributed by atoms with Gasteiger partial charge in [-0.3, -0.25) is 0 Å². The van der Waals surface area contributed by atoms with E-state index in [0.29, 0.717) is 48.2 Å². The number of rotatable bonds is 9. The van der Waals surface area contributed by atoms with E-state index >= 15 is 0 Å². The summed E-state index contributed by atoms with van der Waals surface area (Å²) in [4.78, 5) is 0. The molecule has 0 aromatic heterocycles. The van der Waals surface area contributed by atoms with Crippen LogP contribution in [0.15, 0.2) is 66.7 Å². The predicted octanol–water partition coefficient (Wildman–Crippen LogP) is 5.40. The molecule has 1 N–H and O–H groups in total. The smallest absolute Gasteiger partial charge is 0.166 e. The molecule has 0 heterocycles. The first-order valence-corrected chi connectivity index (χ1v) is 9.52. The van der Waals surface area contributed by atoms with E-state index in [0.717, 1.165) is 11.1 Å². The standard InChI is InChI=1S/C23H23ClFNO2/c1-27-22-8-4-6-19(15-26-14-13-18-5-2-3-7-21(18)25)23(22)28-16-17-9-11-20(24)12-10-17/h2-12,26H,13-16H2,1H3. The molecule has 0 aliphatic heterocycles. The summed E-state index contributed by atoms with van der Waals surface area (Å²) in [6, 6.07) is 20.2. The van der Waals surface area contributed by atoms with Gasteiger partial charge in [-0.15, -0.1) is 0 Å². The fraction of sp³-hybridized carbons (Fsp3) is 0.217. The van der Waals surface area contributed by atoms with Gasteiger partial charge in [0.2, 0.25) is 0 Å². The Balaban J connectivity index is 1.62. The molecule has 0 saturated heterocycles. The van der Waals surface area contributed by atoms with Gasteiger partial charge in [0, 0.05) is 17.1 Å². The highest BCUT2D eigenvalue weighted by Crippen LogP contribution is 2.32. The minimum atomic E-state index is -0.169. The fourth-order valence-corrected chi connectivity index (χ4v) is 3.03. The molecule has 0 unspecified atom stereocenters. The highest BCUT2D eigenvalue weighted by molar-refractivity contribution is 6.30. The van der Waals surface area contributed by atoms with Gasteiger partial charge in [-0.1, -0.05) is 54.1 Å². The Morgan fingerprint density at radius 1 is 0.929 bits per heavy atom. The van der Waals surface area contributed by atoms with Crippen molar-refractivity contribution in [3.63, 3.8) is 0 Å². The van der Waals surface area contributed by atoms with Crippen LogP contribution in [0.25, 0.3) is 0 Å². The number of halogens is 2. The van der Waals surface area contributed by atoms with E-state index in [2.05, 4.69) is 5.32 Å². The topological polar surface area (TPSA) is 30.5 Å². The molecular formula is C23H23ClFNO2. The van der Waals surface area contributed by atoms with Gasteiger partial charge >= 0.3 is 0 Å². The monoisotopic (exact) mass is 399 g/mol. The first-order valence-electron chi connectivity index (χ1n) is 9.14. The van der Waals surface area contributed by atoms with Crippen molar-refractivity contribution in [3.8, 4) is 11.5 Å². The molecule has 0 fully saturated rings. The maximum absolute atomic E-state index is 13.7. The number of nitrogens with one attached hydrogen (secondary N) is 1. The van der Waals surface area contributed by atoms with Gasteiger partial charge < -0.3 is 14.8 Å². The van der Waals surface area contributed by atoms with Crippen LogP contribution in [-0.4, -0.2) is 13.7 Å². The van der Waals surface area contributed by atoms with Crippen molar-refractivity contribution in [2.24, 2.45) is 0 Å². The van der Waals surface area contributed by atoms with E-state index in [4.69, 9.17) is 21.1 Å². The molecule has 3 aromatic carbocycles. The minimum Gasteiger partial charge on any atom is -0.493 e. The van der Waals surface area contributed by atoms with Crippen molar-refractivity contribution in [1.82, 2.24) is 5.32 Å². The van der Waals surface area contributed by atoms with Crippen LogP contribution in [0, 0.1) is 5.82 Å². The fourth-order valence-electron chi connectivity index (χ4n) is 2.91. The lowest BCUT2D eigenvalue weighted by molar-refractivity contribution is 0.280. The van der Waals surface area contributed by atoms with Crippen LogP contribution in [-0.2, 0) is 19.6 Å². The normalized spacial score (nSPS) is 10.7. The molecule has 0 saturated carbocycles. The largest absolute Gasteiger partial charge is 0.493 e. The summed E-state index contributed by atoms with van der Waals surface area (Å²) >= 11 is 5.93. The second-order valence-corrected chi connectivity index (χ2v) is 6.82. The van der Waals surface area contributed by atoms with E-state index in [1.54, 1.807) is 13.2 Å². The second-order valence-electron chi connectivity index (χ2n) is 6.38. The number of ether oxygens (including phenoxy) is 2. The van der Waals surface area contributed by atoms with Gasteiger partial charge in [-0.25, -0.2) is 4.39 Å². The van der Waals surface area contributed by atoms with Crippen molar-refractivity contribution in [2.75, 3.05) is 13.7 Å². The second kappa shape index (κ2) is 10.1. The molecule has 3 aromatic rings. The lowest BCUT2D eigenvalue weighted by atomic mass is 10.1. The number of methoxy groups -OCH3 is 1. The van der Waals surface area contributed by atoms with E-state index in [1.807, 2.05) is 54.6 Å². The van der Waals surface area contributed by atoms with Crippen LogP contribution in [0.4, 0.5) is 4.39 Å². The molecule has 3 rings (SSSR count). The molecule has 146 valence electrons.